The van der Waals surface area contributed by atoms with Gasteiger partial charge in [-0.1, -0.05) is 40.9 Å². The summed E-state index contributed by atoms with van der Waals surface area (Å²) in [5.41, 5.74) is 0.527. The van der Waals surface area contributed by atoms with Crippen molar-refractivity contribution in [2.75, 3.05) is 18.5 Å². The van der Waals surface area contributed by atoms with Crippen LogP contribution in [0.15, 0.2) is 36.4 Å². The number of hydrogen-bond acceptors (Lipinski definition) is 5. The number of amides is 3. The Labute approximate surface area is 174 Å². The van der Waals surface area contributed by atoms with Gasteiger partial charge in [0, 0.05) is 10.7 Å². The van der Waals surface area contributed by atoms with Crippen LogP contribution in [0.5, 0.6) is 0 Å². The molecule has 0 radical (unpaired) electrons. The summed E-state index contributed by atoms with van der Waals surface area (Å²) in [5, 5.41) is 3.16. The number of carbonyl (C=O) groups is 4. The predicted octanol–water partition coefficient (Wildman–Crippen LogP) is 3.42. The molecule has 3 amide bonds. The maximum atomic E-state index is 12.3. The fourth-order valence-corrected chi connectivity index (χ4v) is 3.03. The van der Waals surface area contributed by atoms with E-state index in [4.69, 9.17) is 39.5 Å². The normalized spacial score (nSPS) is 12.8. The average Bonchev–Trinajstić information content (AvgIpc) is 2.85. The topological polar surface area (TPSA) is 92.8 Å². The van der Waals surface area contributed by atoms with Crippen molar-refractivity contribution >= 4 is 64.2 Å². The summed E-state index contributed by atoms with van der Waals surface area (Å²) in [6, 6.07) is 8.95. The Kier molecular flexibility index (Phi) is 5.88. The van der Waals surface area contributed by atoms with Crippen molar-refractivity contribution in [2.45, 2.75) is 0 Å². The summed E-state index contributed by atoms with van der Waals surface area (Å²) in [7, 11) is 0. The van der Waals surface area contributed by atoms with Gasteiger partial charge in [0.2, 0.25) is 0 Å². The lowest BCUT2D eigenvalue weighted by atomic mass is 10.1. The molecule has 1 aliphatic rings. The molecule has 1 heterocycles. The first kappa shape index (κ1) is 20.1. The molecule has 1 N–H and O–H groups in total. The van der Waals surface area contributed by atoms with Crippen molar-refractivity contribution in [3.8, 4) is 0 Å². The quantitative estimate of drug-likeness (QED) is 0.567. The van der Waals surface area contributed by atoms with E-state index in [1.807, 2.05) is 0 Å². The van der Waals surface area contributed by atoms with E-state index in [1.54, 1.807) is 18.2 Å². The summed E-state index contributed by atoms with van der Waals surface area (Å²) in [6.07, 6.45) is 0. The number of ether oxygens (including phenoxy) is 1. The lowest BCUT2D eigenvalue weighted by Crippen LogP contribution is -2.36. The van der Waals surface area contributed by atoms with Gasteiger partial charge in [-0.2, -0.15) is 0 Å². The van der Waals surface area contributed by atoms with Gasteiger partial charge in [0.05, 0.1) is 21.2 Å². The highest BCUT2D eigenvalue weighted by atomic mass is 35.5. The van der Waals surface area contributed by atoms with Crippen molar-refractivity contribution in [3.63, 3.8) is 0 Å². The molecule has 7 nitrogen and oxygen atoms in total. The molecular weight excluding hydrogens is 431 g/mol. The Hall–Kier alpha value is -2.61. The lowest BCUT2D eigenvalue weighted by Gasteiger charge is -2.13. The molecule has 3 rings (SSSR count). The molecule has 0 unspecified atom stereocenters. The van der Waals surface area contributed by atoms with Crippen LogP contribution in [0.2, 0.25) is 15.1 Å². The van der Waals surface area contributed by atoms with Crippen molar-refractivity contribution in [3.05, 3.63) is 62.6 Å². The molecule has 0 aromatic heterocycles. The van der Waals surface area contributed by atoms with Gasteiger partial charge in [0.25, 0.3) is 17.7 Å². The van der Waals surface area contributed by atoms with Gasteiger partial charge >= 0.3 is 5.97 Å². The first-order valence-corrected chi connectivity index (χ1v) is 8.96. The third-order valence-corrected chi connectivity index (χ3v) is 4.73. The average molecular weight is 442 g/mol. The van der Waals surface area contributed by atoms with Crippen LogP contribution in [0.3, 0.4) is 0 Å². The Morgan fingerprint density at radius 2 is 1.57 bits per heavy atom. The minimum absolute atomic E-state index is 0.0471. The molecule has 0 saturated heterocycles. The van der Waals surface area contributed by atoms with E-state index >= 15 is 0 Å². The van der Waals surface area contributed by atoms with E-state index in [0.29, 0.717) is 15.6 Å². The molecule has 0 atom stereocenters. The minimum atomic E-state index is -0.923. The predicted molar refractivity (Wildman–Crippen MR) is 103 cm³/mol. The van der Waals surface area contributed by atoms with Crippen LogP contribution in [0.4, 0.5) is 5.69 Å². The third-order valence-electron chi connectivity index (χ3n) is 3.77. The number of nitrogens with one attached hydrogen (secondary N) is 1. The number of halogens is 3. The number of imide groups is 1. The second-order valence-corrected chi connectivity index (χ2v) is 6.98. The zero-order valence-corrected chi connectivity index (χ0v) is 16.3. The lowest BCUT2D eigenvalue weighted by molar-refractivity contribution is -0.147. The fourth-order valence-electron chi connectivity index (χ4n) is 2.51. The Morgan fingerprint density at radius 3 is 2.14 bits per heavy atom. The smallest absolute Gasteiger partial charge is 0.326 e. The van der Waals surface area contributed by atoms with Gasteiger partial charge < -0.3 is 10.1 Å². The molecule has 0 fully saturated rings. The number of rotatable bonds is 5. The van der Waals surface area contributed by atoms with Crippen molar-refractivity contribution < 1.29 is 23.9 Å². The Balaban J connectivity index is 1.57. The number of anilines is 1. The van der Waals surface area contributed by atoms with Crippen molar-refractivity contribution in [1.82, 2.24) is 4.90 Å². The number of fused-ring (bicyclic) bond motifs is 1. The van der Waals surface area contributed by atoms with Crippen LogP contribution in [0.25, 0.3) is 0 Å². The molecule has 10 heteroatoms. The first-order valence-electron chi connectivity index (χ1n) is 7.82. The molecule has 0 aliphatic carbocycles. The molecule has 2 aromatic rings. The second-order valence-electron chi connectivity index (χ2n) is 5.73. The van der Waals surface area contributed by atoms with Crippen LogP contribution < -0.4 is 5.32 Å². The summed E-state index contributed by atoms with van der Waals surface area (Å²) in [5.74, 6) is -2.91. The highest BCUT2D eigenvalue weighted by Gasteiger charge is 2.37. The SMILES string of the molecule is O=C(COC(=O)CN1C(=O)c2cc(Cl)c(Cl)cc2C1=O)Nc1cccc(Cl)c1. The molecule has 0 saturated carbocycles. The molecule has 28 heavy (non-hydrogen) atoms. The fraction of sp³-hybridized carbons (Fsp3) is 0.111. The third kappa shape index (κ3) is 4.27. The van der Waals surface area contributed by atoms with Gasteiger partial charge in [-0.05, 0) is 30.3 Å². The van der Waals surface area contributed by atoms with E-state index in [0.717, 1.165) is 0 Å². The Bertz CT molecular complexity index is 968. The molecule has 0 bridgehead atoms. The highest BCUT2D eigenvalue weighted by molar-refractivity contribution is 6.43. The molecule has 144 valence electrons. The van der Waals surface area contributed by atoms with E-state index < -0.39 is 36.8 Å². The van der Waals surface area contributed by atoms with Crippen molar-refractivity contribution in [1.29, 1.82) is 0 Å². The van der Waals surface area contributed by atoms with E-state index in [-0.39, 0.29) is 21.2 Å². The number of hydrogen-bond donors (Lipinski definition) is 1. The standard InChI is InChI=1S/C18H11Cl3N2O5/c19-9-2-1-3-10(4-9)22-15(24)8-28-16(25)7-23-17(26)11-5-13(20)14(21)6-12(11)18(23)27/h1-6H,7-8H2,(H,22,24). The summed E-state index contributed by atoms with van der Waals surface area (Å²) in [6.45, 7) is -1.24. The zero-order chi connectivity index (χ0) is 20.4. The second kappa shape index (κ2) is 8.18. The van der Waals surface area contributed by atoms with E-state index in [9.17, 15) is 19.2 Å². The van der Waals surface area contributed by atoms with E-state index in [1.165, 1.54) is 18.2 Å². The first-order chi connectivity index (χ1) is 13.3. The van der Waals surface area contributed by atoms with Crippen LogP contribution in [0, 0.1) is 0 Å². The maximum Gasteiger partial charge on any atom is 0.326 e. The van der Waals surface area contributed by atoms with Gasteiger partial charge in [0.15, 0.2) is 6.61 Å². The summed E-state index contributed by atoms with van der Waals surface area (Å²) >= 11 is 17.5. The molecule has 2 aromatic carbocycles. The number of benzene rings is 2. The molecular formula is C18H11Cl3N2O5. The van der Waals surface area contributed by atoms with Gasteiger partial charge in [-0.3, -0.25) is 24.1 Å². The number of esters is 1. The van der Waals surface area contributed by atoms with Crippen LogP contribution in [-0.4, -0.2) is 41.7 Å². The van der Waals surface area contributed by atoms with Crippen LogP contribution >= 0.6 is 34.8 Å². The van der Waals surface area contributed by atoms with E-state index in [2.05, 4.69) is 5.32 Å². The van der Waals surface area contributed by atoms with Gasteiger partial charge in [-0.25, -0.2) is 0 Å². The Morgan fingerprint density at radius 1 is 0.964 bits per heavy atom. The highest BCUT2D eigenvalue weighted by Crippen LogP contribution is 2.31. The zero-order valence-electron chi connectivity index (χ0n) is 14.0. The van der Waals surface area contributed by atoms with Crippen LogP contribution in [0.1, 0.15) is 20.7 Å². The number of nitrogens with zero attached hydrogens (tertiary/aromatic N) is 1. The summed E-state index contributed by atoms with van der Waals surface area (Å²) in [4.78, 5) is 49.1. The van der Waals surface area contributed by atoms with Gasteiger partial charge in [0.1, 0.15) is 6.54 Å². The number of carbonyl (C=O) groups excluding carboxylic acids is 4. The van der Waals surface area contributed by atoms with Crippen LogP contribution in [-0.2, 0) is 14.3 Å². The van der Waals surface area contributed by atoms with Gasteiger partial charge in [-0.15, -0.1) is 0 Å². The maximum absolute atomic E-state index is 12.3. The largest absolute Gasteiger partial charge is 0.454 e. The molecule has 0 spiro atoms. The monoisotopic (exact) mass is 440 g/mol. The van der Waals surface area contributed by atoms with Crippen molar-refractivity contribution in [2.24, 2.45) is 0 Å². The summed E-state index contributed by atoms with van der Waals surface area (Å²) < 4.78 is 4.83. The minimum Gasteiger partial charge on any atom is -0.454 e. The molecule has 1 aliphatic heterocycles.